The molecule has 0 saturated heterocycles. The molecular formula is C19H17NO3. The van der Waals surface area contributed by atoms with E-state index >= 15 is 0 Å². The van der Waals surface area contributed by atoms with Crippen LogP contribution in [0.5, 0.6) is 11.5 Å². The molecule has 116 valence electrons. The molecule has 1 aliphatic rings. The number of rotatable bonds is 6. The van der Waals surface area contributed by atoms with E-state index in [4.69, 9.17) is 9.47 Å². The molecule has 0 spiro atoms. The molecule has 0 N–H and O–H groups in total. The van der Waals surface area contributed by atoms with Gasteiger partial charge in [0.15, 0.2) is 5.75 Å². The van der Waals surface area contributed by atoms with E-state index in [2.05, 4.69) is 0 Å². The molecule has 4 nitrogen and oxygen atoms in total. The normalized spacial score (nSPS) is 13.9. The van der Waals surface area contributed by atoms with Gasteiger partial charge < -0.3 is 13.9 Å². The highest BCUT2D eigenvalue weighted by molar-refractivity contribution is 5.76. The van der Waals surface area contributed by atoms with Crippen molar-refractivity contribution < 1.29 is 14.3 Å². The molecule has 1 aromatic carbocycles. The van der Waals surface area contributed by atoms with Crippen molar-refractivity contribution in [1.29, 1.82) is 0 Å². The quantitative estimate of drug-likeness (QED) is 0.648. The van der Waals surface area contributed by atoms with Crippen LogP contribution in [0.2, 0.25) is 0 Å². The standard InChI is InChI=1S/C19H17NO3/c21-13-23-19-16(15-8-9-15)11-20-10-4-7-17(18(19)20)22-12-14-5-2-1-3-6-14/h1-7,10-11,13,15H,8-9,12H2. The van der Waals surface area contributed by atoms with Gasteiger partial charge >= 0.3 is 0 Å². The van der Waals surface area contributed by atoms with E-state index in [9.17, 15) is 4.79 Å². The Morgan fingerprint density at radius 3 is 2.70 bits per heavy atom. The van der Waals surface area contributed by atoms with Crippen LogP contribution in [0.1, 0.15) is 29.9 Å². The molecule has 0 aliphatic heterocycles. The van der Waals surface area contributed by atoms with Crippen molar-refractivity contribution in [3.63, 3.8) is 0 Å². The number of carbonyl (C=O) groups excluding carboxylic acids is 1. The molecule has 23 heavy (non-hydrogen) atoms. The van der Waals surface area contributed by atoms with Crippen LogP contribution in [0.4, 0.5) is 0 Å². The molecule has 2 aromatic heterocycles. The minimum absolute atomic E-state index is 0.477. The zero-order valence-corrected chi connectivity index (χ0v) is 12.6. The van der Waals surface area contributed by atoms with Crippen LogP contribution in [0.25, 0.3) is 5.52 Å². The van der Waals surface area contributed by atoms with Gasteiger partial charge in [0.25, 0.3) is 6.47 Å². The molecule has 1 saturated carbocycles. The molecule has 0 amide bonds. The number of hydrogen-bond donors (Lipinski definition) is 0. The minimum Gasteiger partial charge on any atom is -0.487 e. The first kappa shape index (κ1) is 13.9. The van der Waals surface area contributed by atoms with Crippen molar-refractivity contribution >= 4 is 12.0 Å². The Bertz CT molecular complexity index is 834. The first-order valence-corrected chi connectivity index (χ1v) is 7.77. The SMILES string of the molecule is O=COc1c(C2CC2)cn2cccc(OCc3ccccc3)c12. The number of benzene rings is 1. The van der Waals surface area contributed by atoms with Gasteiger partial charge in [-0.05, 0) is 36.5 Å². The fourth-order valence-corrected chi connectivity index (χ4v) is 2.89. The highest BCUT2D eigenvalue weighted by atomic mass is 16.5. The molecular weight excluding hydrogens is 290 g/mol. The van der Waals surface area contributed by atoms with Crippen LogP contribution in [-0.2, 0) is 11.4 Å². The van der Waals surface area contributed by atoms with Crippen molar-refractivity contribution in [1.82, 2.24) is 4.40 Å². The predicted molar refractivity (Wildman–Crippen MR) is 86.8 cm³/mol. The summed E-state index contributed by atoms with van der Waals surface area (Å²) in [5, 5.41) is 0. The lowest BCUT2D eigenvalue weighted by atomic mass is 10.2. The Kier molecular flexibility index (Phi) is 3.50. The fourth-order valence-electron chi connectivity index (χ4n) is 2.89. The number of pyridine rings is 1. The summed E-state index contributed by atoms with van der Waals surface area (Å²) in [7, 11) is 0. The summed E-state index contributed by atoms with van der Waals surface area (Å²) in [6, 6.07) is 13.9. The Hall–Kier alpha value is -2.75. The molecule has 0 radical (unpaired) electrons. The van der Waals surface area contributed by atoms with E-state index in [1.54, 1.807) is 0 Å². The minimum atomic E-state index is 0.477. The first-order chi connectivity index (χ1) is 11.4. The van der Waals surface area contributed by atoms with E-state index in [0.717, 1.165) is 35.2 Å². The maximum absolute atomic E-state index is 10.9. The van der Waals surface area contributed by atoms with Gasteiger partial charge in [0, 0.05) is 18.0 Å². The summed E-state index contributed by atoms with van der Waals surface area (Å²) < 4.78 is 13.3. The summed E-state index contributed by atoms with van der Waals surface area (Å²) in [6.07, 6.45) is 6.29. The van der Waals surface area contributed by atoms with Crippen molar-refractivity contribution in [3.8, 4) is 11.5 Å². The van der Waals surface area contributed by atoms with Crippen molar-refractivity contribution in [2.24, 2.45) is 0 Å². The van der Waals surface area contributed by atoms with Gasteiger partial charge in [-0.1, -0.05) is 30.3 Å². The molecule has 0 bridgehead atoms. The second kappa shape index (κ2) is 5.80. The number of nitrogens with zero attached hydrogens (tertiary/aromatic N) is 1. The molecule has 4 heteroatoms. The Morgan fingerprint density at radius 1 is 1.13 bits per heavy atom. The maximum atomic E-state index is 10.9. The van der Waals surface area contributed by atoms with E-state index < -0.39 is 0 Å². The summed E-state index contributed by atoms with van der Waals surface area (Å²) >= 11 is 0. The van der Waals surface area contributed by atoms with Crippen molar-refractivity contribution in [2.75, 3.05) is 0 Å². The monoisotopic (exact) mass is 307 g/mol. The maximum Gasteiger partial charge on any atom is 0.298 e. The Balaban J connectivity index is 1.72. The number of hydrogen-bond acceptors (Lipinski definition) is 3. The van der Waals surface area contributed by atoms with Crippen LogP contribution in [0, 0.1) is 0 Å². The molecule has 1 aliphatic carbocycles. The molecule has 2 heterocycles. The first-order valence-electron chi connectivity index (χ1n) is 7.77. The van der Waals surface area contributed by atoms with Gasteiger partial charge in [0.05, 0.1) is 0 Å². The summed E-state index contributed by atoms with van der Waals surface area (Å²) in [5.41, 5.74) is 3.01. The van der Waals surface area contributed by atoms with E-state index in [1.807, 2.05) is 59.3 Å². The number of carbonyl (C=O) groups is 1. The average Bonchev–Trinajstić information content (AvgIpc) is 3.37. The third kappa shape index (κ3) is 2.68. The van der Waals surface area contributed by atoms with Crippen molar-refractivity contribution in [3.05, 3.63) is 66.0 Å². The van der Waals surface area contributed by atoms with Crippen LogP contribution < -0.4 is 9.47 Å². The van der Waals surface area contributed by atoms with E-state index in [0.29, 0.717) is 24.7 Å². The van der Waals surface area contributed by atoms with Crippen molar-refractivity contribution in [2.45, 2.75) is 25.4 Å². The van der Waals surface area contributed by atoms with E-state index in [-0.39, 0.29) is 0 Å². The van der Waals surface area contributed by atoms with Crippen LogP contribution >= 0.6 is 0 Å². The predicted octanol–water partition coefficient (Wildman–Crippen LogP) is 3.93. The molecule has 0 unspecified atom stereocenters. The molecule has 1 fully saturated rings. The Morgan fingerprint density at radius 2 is 1.96 bits per heavy atom. The van der Waals surface area contributed by atoms with Gasteiger partial charge in [-0.25, -0.2) is 0 Å². The average molecular weight is 307 g/mol. The Labute approximate surface area is 134 Å². The summed E-state index contributed by atoms with van der Waals surface area (Å²) in [6.45, 7) is 0.972. The van der Waals surface area contributed by atoms with Crippen LogP contribution in [0.3, 0.4) is 0 Å². The second-order valence-corrected chi connectivity index (χ2v) is 5.80. The second-order valence-electron chi connectivity index (χ2n) is 5.80. The molecule has 0 atom stereocenters. The largest absolute Gasteiger partial charge is 0.487 e. The lowest BCUT2D eigenvalue weighted by Gasteiger charge is -2.09. The summed E-state index contributed by atoms with van der Waals surface area (Å²) in [5.74, 6) is 1.85. The molecule has 4 rings (SSSR count). The zero-order valence-electron chi connectivity index (χ0n) is 12.6. The topological polar surface area (TPSA) is 39.9 Å². The third-order valence-corrected chi connectivity index (χ3v) is 4.16. The smallest absolute Gasteiger partial charge is 0.298 e. The highest BCUT2D eigenvalue weighted by Gasteiger charge is 2.30. The van der Waals surface area contributed by atoms with Crippen LogP contribution in [0.15, 0.2) is 54.9 Å². The number of fused-ring (bicyclic) bond motifs is 1. The third-order valence-electron chi connectivity index (χ3n) is 4.16. The fraction of sp³-hybridized carbons (Fsp3) is 0.211. The van der Waals surface area contributed by atoms with Gasteiger partial charge in [0.2, 0.25) is 0 Å². The number of aromatic nitrogens is 1. The van der Waals surface area contributed by atoms with Gasteiger partial charge in [-0.3, -0.25) is 4.79 Å². The van der Waals surface area contributed by atoms with E-state index in [1.165, 1.54) is 0 Å². The lowest BCUT2D eigenvalue weighted by Crippen LogP contribution is -1.98. The van der Waals surface area contributed by atoms with Gasteiger partial charge in [0.1, 0.15) is 17.9 Å². The molecule has 3 aromatic rings. The number of ether oxygens (including phenoxy) is 2. The van der Waals surface area contributed by atoms with Gasteiger partial charge in [-0.2, -0.15) is 0 Å². The summed E-state index contributed by atoms with van der Waals surface area (Å²) in [4.78, 5) is 10.9. The highest BCUT2D eigenvalue weighted by Crippen LogP contribution is 2.48. The lowest BCUT2D eigenvalue weighted by molar-refractivity contribution is -0.120. The van der Waals surface area contributed by atoms with Crippen LogP contribution in [-0.4, -0.2) is 10.9 Å². The zero-order chi connectivity index (χ0) is 15.6. The van der Waals surface area contributed by atoms with Gasteiger partial charge in [-0.15, -0.1) is 0 Å².